The second-order valence-electron chi connectivity index (χ2n) is 4.92. The second kappa shape index (κ2) is 16.3. The zero-order chi connectivity index (χ0) is 12.6. The van der Waals surface area contributed by atoms with Gasteiger partial charge in [-0.05, 0) is 44.4 Å². The number of nitrogens with one attached hydrogen (secondary N) is 1. The fraction of sp³-hybridized carbons (Fsp3) is 1.00. The summed E-state index contributed by atoms with van der Waals surface area (Å²) in [5, 5.41) is 3.56. The number of thioether (sulfide) groups is 1. The molecular formula is C15H33NS. The molecule has 0 fully saturated rings. The lowest BCUT2D eigenvalue weighted by Gasteiger charge is -2.04. The van der Waals surface area contributed by atoms with Gasteiger partial charge in [0, 0.05) is 0 Å². The van der Waals surface area contributed by atoms with Crippen LogP contribution in [0.4, 0.5) is 0 Å². The van der Waals surface area contributed by atoms with Gasteiger partial charge in [-0.2, -0.15) is 11.8 Å². The van der Waals surface area contributed by atoms with Gasteiger partial charge in [0.1, 0.15) is 0 Å². The van der Waals surface area contributed by atoms with Crippen LogP contribution in [0, 0.1) is 0 Å². The molecule has 0 amide bonds. The van der Waals surface area contributed by atoms with E-state index in [9.17, 15) is 0 Å². The predicted octanol–water partition coefficient (Wildman–Crippen LogP) is 4.86. The van der Waals surface area contributed by atoms with Crippen LogP contribution in [-0.4, -0.2) is 25.1 Å². The summed E-state index contributed by atoms with van der Waals surface area (Å²) in [4.78, 5) is 0. The summed E-state index contributed by atoms with van der Waals surface area (Å²) < 4.78 is 0. The molecule has 104 valence electrons. The van der Waals surface area contributed by atoms with Crippen LogP contribution < -0.4 is 5.32 Å². The molecule has 0 unspecified atom stereocenters. The molecular weight excluding hydrogens is 226 g/mol. The molecule has 0 aliphatic rings. The molecule has 17 heavy (non-hydrogen) atoms. The molecule has 1 N–H and O–H groups in total. The molecule has 0 rings (SSSR count). The van der Waals surface area contributed by atoms with Crippen LogP contribution >= 0.6 is 11.8 Å². The third-order valence-corrected chi connectivity index (χ3v) is 3.86. The first-order valence-electron chi connectivity index (χ1n) is 7.61. The van der Waals surface area contributed by atoms with Gasteiger partial charge in [-0.15, -0.1) is 0 Å². The van der Waals surface area contributed by atoms with Crippen molar-refractivity contribution in [2.75, 3.05) is 25.1 Å². The largest absolute Gasteiger partial charge is 0.317 e. The quantitative estimate of drug-likeness (QED) is 0.447. The second-order valence-corrected chi connectivity index (χ2v) is 5.91. The molecule has 0 saturated heterocycles. The Morgan fingerprint density at radius 2 is 1.24 bits per heavy atom. The van der Waals surface area contributed by atoms with Crippen molar-refractivity contribution in [3.8, 4) is 0 Å². The number of unbranched alkanes of at least 4 members (excludes halogenated alkanes) is 8. The summed E-state index contributed by atoms with van der Waals surface area (Å²) >= 11 is 1.96. The number of rotatable bonds is 14. The topological polar surface area (TPSA) is 12.0 Å². The Hall–Kier alpha value is 0.310. The SMILES string of the molecule is CCCCCCCCCNCCCCCSC. The maximum absolute atomic E-state index is 3.56. The Bertz CT molecular complexity index is 114. The van der Waals surface area contributed by atoms with Crippen LogP contribution in [0.5, 0.6) is 0 Å². The molecule has 0 radical (unpaired) electrons. The molecule has 0 aliphatic carbocycles. The zero-order valence-corrected chi connectivity index (χ0v) is 12.9. The molecule has 0 saturated carbocycles. The van der Waals surface area contributed by atoms with Gasteiger partial charge in [0.2, 0.25) is 0 Å². The van der Waals surface area contributed by atoms with E-state index in [2.05, 4.69) is 18.5 Å². The average molecular weight is 260 g/mol. The highest BCUT2D eigenvalue weighted by Gasteiger charge is 1.92. The Kier molecular flexibility index (Phi) is 16.6. The third-order valence-electron chi connectivity index (χ3n) is 3.16. The smallest absolute Gasteiger partial charge is 0.00489 e. The van der Waals surface area contributed by atoms with Crippen molar-refractivity contribution >= 4 is 11.8 Å². The Labute approximate surface area is 114 Å². The van der Waals surface area contributed by atoms with E-state index >= 15 is 0 Å². The first-order valence-corrected chi connectivity index (χ1v) is 9.00. The monoisotopic (exact) mass is 259 g/mol. The maximum atomic E-state index is 3.56. The van der Waals surface area contributed by atoms with E-state index in [1.165, 1.54) is 83.1 Å². The molecule has 2 heteroatoms. The minimum atomic E-state index is 1.23. The van der Waals surface area contributed by atoms with E-state index < -0.39 is 0 Å². The number of hydrogen-bond acceptors (Lipinski definition) is 2. The molecule has 0 aromatic rings. The van der Waals surface area contributed by atoms with Gasteiger partial charge in [0.15, 0.2) is 0 Å². The molecule has 1 nitrogen and oxygen atoms in total. The fourth-order valence-electron chi connectivity index (χ4n) is 2.01. The standard InChI is InChI=1S/C15H33NS/c1-3-4-5-6-7-8-10-13-16-14-11-9-12-15-17-2/h16H,3-15H2,1-2H3. The lowest BCUT2D eigenvalue weighted by atomic mass is 10.1. The van der Waals surface area contributed by atoms with Crippen molar-refractivity contribution in [1.29, 1.82) is 0 Å². The third kappa shape index (κ3) is 16.3. The average Bonchev–Trinajstić information content (AvgIpc) is 2.35. The summed E-state index contributed by atoms with van der Waals surface area (Å²) in [6.45, 7) is 4.74. The van der Waals surface area contributed by atoms with Crippen molar-refractivity contribution < 1.29 is 0 Å². The Morgan fingerprint density at radius 1 is 0.706 bits per heavy atom. The highest BCUT2D eigenvalue weighted by atomic mass is 32.2. The van der Waals surface area contributed by atoms with E-state index in [4.69, 9.17) is 0 Å². The summed E-state index contributed by atoms with van der Waals surface area (Å²) in [6, 6.07) is 0. The van der Waals surface area contributed by atoms with Crippen LogP contribution in [0.2, 0.25) is 0 Å². The predicted molar refractivity (Wildman–Crippen MR) is 83.1 cm³/mol. The fourth-order valence-corrected chi connectivity index (χ4v) is 2.50. The first-order chi connectivity index (χ1) is 8.41. The van der Waals surface area contributed by atoms with E-state index in [1.807, 2.05) is 11.8 Å². The van der Waals surface area contributed by atoms with Gasteiger partial charge in [-0.3, -0.25) is 0 Å². The Morgan fingerprint density at radius 3 is 1.82 bits per heavy atom. The van der Waals surface area contributed by atoms with Gasteiger partial charge in [0.05, 0.1) is 0 Å². The number of hydrogen-bond donors (Lipinski definition) is 1. The lowest BCUT2D eigenvalue weighted by molar-refractivity contribution is 0.551. The van der Waals surface area contributed by atoms with Crippen LogP contribution in [0.1, 0.15) is 71.1 Å². The van der Waals surface area contributed by atoms with Crippen molar-refractivity contribution in [1.82, 2.24) is 5.32 Å². The first kappa shape index (κ1) is 17.3. The maximum Gasteiger partial charge on any atom is -0.00489 e. The summed E-state index contributed by atoms with van der Waals surface area (Å²) in [6.07, 6.45) is 16.2. The molecule has 0 aromatic heterocycles. The van der Waals surface area contributed by atoms with Crippen LogP contribution in [-0.2, 0) is 0 Å². The van der Waals surface area contributed by atoms with Gasteiger partial charge >= 0.3 is 0 Å². The van der Waals surface area contributed by atoms with Gasteiger partial charge in [-0.1, -0.05) is 51.9 Å². The minimum absolute atomic E-state index is 1.23. The van der Waals surface area contributed by atoms with Gasteiger partial charge < -0.3 is 5.32 Å². The molecule has 0 spiro atoms. The van der Waals surface area contributed by atoms with E-state index in [1.54, 1.807) is 0 Å². The van der Waals surface area contributed by atoms with Crippen molar-refractivity contribution in [3.63, 3.8) is 0 Å². The van der Waals surface area contributed by atoms with E-state index in [0.29, 0.717) is 0 Å². The highest BCUT2D eigenvalue weighted by molar-refractivity contribution is 7.98. The Balaban J connectivity index is 2.85. The van der Waals surface area contributed by atoms with E-state index in [0.717, 1.165) is 0 Å². The van der Waals surface area contributed by atoms with E-state index in [-0.39, 0.29) is 0 Å². The normalized spacial score (nSPS) is 10.9. The molecule has 0 atom stereocenters. The molecule has 0 aliphatic heterocycles. The lowest BCUT2D eigenvalue weighted by Crippen LogP contribution is -2.16. The molecule has 0 heterocycles. The molecule has 0 bridgehead atoms. The van der Waals surface area contributed by atoms with Crippen LogP contribution in [0.25, 0.3) is 0 Å². The summed E-state index contributed by atoms with van der Waals surface area (Å²) in [5.41, 5.74) is 0. The van der Waals surface area contributed by atoms with Crippen molar-refractivity contribution in [2.24, 2.45) is 0 Å². The zero-order valence-electron chi connectivity index (χ0n) is 12.1. The van der Waals surface area contributed by atoms with Crippen molar-refractivity contribution in [2.45, 2.75) is 71.1 Å². The molecule has 0 aromatic carbocycles. The van der Waals surface area contributed by atoms with Crippen LogP contribution in [0.3, 0.4) is 0 Å². The minimum Gasteiger partial charge on any atom is -0.317 e. The van der Waals surface area contributed by atoms with Gasteiger partial charge in [0.25, 0.3) is 0 Å². The van der Waals surface area contributed by atoms with Crippen molar-refractivity contribution in [3.05, 3.63) is 0 Å². The summed E-state index contributed by atoms with van der Waals surface area (Å²) in [5.74, 6) is 1.33. The highest BCUT2D eigenvalue weighted by Crippen LogP contribution is 2.06. The van der Waals surface area contributed by atoms with Crippen LogP contribution in [0.15, 0.2) is 0 Å². The van der Waals surface area contributed by atoms with Gasteiger partial charge in [-0.25, -0.2) is 0 Å². The summed E-state index contributed by atoms with van der Waals surface area (Å²) in [7, 11) is 0.